The zero-order valence-corrected chi connectivity index (χ0v) is 7.77. The predicted molar refractivity (Wildman–Crippen MR) is 55.3 cm³/mol. The molecule has 62 valence electrons. The van der Waals surface area contributed by atoms with Crippen LogP contribution in [-0.2, 0) is 19.2 Å². The molecule has 0 unspecified atom stereocenters. The van der Waals surface area contributed by atoms with Crippen LogP contribution < -0.4 is 0 Å². The number of rotatable bonds is 1. The monoisotopic (exact) mass is 158 g/mol. The van der Waals surface area contributed by atoms with Gasteiger partial charge in [-0.05, 0) is 36.8 Å². The highest BCUT2D eigenvalue weighted by atomic mass is 14.1. The lowest BCUT2D eigenvalue weighted by Gasteiger charge is -2.16. The van der Waals surface area contributed by atoms with E-state index in [2.05, 4.69) is 26.0 Å². The lowest BCUT2D eigenvalue weighted by atomic mass is 9.87. The van der Waals surface area contributed by atoms with Gasteiger partial charge < -0.3 is 0 Å². The maximum absolute atomic E-state index is 2.40. The van der Waals surface area contributed by atoms with Crippen molar-refractivity contribution in [1.82, 2.24) is 0 Å². The molecular weight excluding hydrogens is 143 g/mol. The molecular formula is C11H15B. The molecule has 0 saturated heterocycles. The molecule has 2 rings (SSSR count). The molecule has 0 bridgehead atoms. The molecule has 1 aliphatic rings. The Labute approximate surface area is 75.4 Å². The van der Waals surface area contributed by atoms with E-state index in [0.29, 0.717) is 0 Å². The van der Waals surface area contributed by atoms with E-state index < -0.39 is 0 Å². The molecule has 0 aromatic heterocycles. The van der Waals surface area contributed by atoms with Crippen molar-refractivity contribution in [2.45, 2.75) is 32.0 Å². The largest absolute Gasteiger partial charge is 0.107 e. The van der Waals surface area contributed by atoms with Crippen LogP contribution in [0.15, 0.2) is 18.2 Å². The lowest BCUT2D eigenvalue weighted by Crippen LogP contribution is -2.03. The first kappa shape index (κ1) is 7.91. The molecule has 0 aliphatic heterocycles. The predicted octanol–water partition coefficient (Wildman–Crippen LogP) is 1.70. The maximum atomic E-state index is 2.40. The van der Waals surface area contributed by atoms with Gasteiger partial charge in [-0.3, -0.25) is 0 Å². The first-order chi connectivity index (χ1) is 5.90. The number of benzene rings is 1. The van der Waals surface area contributed by atoms with Crippen LogP contribution in [0, 0.1) is 0 Å². The first-order valence-corrected chi connectivity index (χ1v) is 5.01. The molecule has 0 amide bonds. The molecule has 1 aromatic rings. The standard InChI is InChI=1S/C11H15B/c12-8-9-5-6-10-3-1-2-4-11(10)7-9/h5-7H,1-4,8,12H2. The molecule has 1 aliphatic carbocycles. The minimum absolute atomic E-state index is 1.17. The van der Waals surface area contributed by atoms with Crippen LogP contribution in [0.2, 0.25) is 0 Å². The lowest BCUT2D eigenvalue weighted by molar-refractivity contribution is 0.685. The second-order valence-corrected chi connectivity index (χ2v) is 3.66. The average Bonchev–Trinajstić information content (AvgIpc) is 2.17. The Balaban J connectivity index is 2.36. The van der Waals surface area contributed by atoms with Gasteiger partial charge in [0.05, 0.1) is 0 Å². The zero-order valence-electron chi connectivity index (χ0n) is 7.77. The summed E-state index contributed by atoms with van der Waals surface area (Å²) < 4.78 is 0. The van der Waals surface area contributed by atoms with Gasteiger partial charge in [-0.1, -0.05) is 30.1 Å². The second kappa shape index (κ2) is 3.34. The summed E-state index contributed by atoms with van der Waals surface area (Å²) in [6.07, 6.45) is 6.56. The molecule has 0 spiro atoms. The SMILES string of the molecule is BCc1ccc2c(c1)CCCC2. The van der Waals surface area contributed by atoms with E-state index in [1.807, 2.05) is 0 Å². The van der Waals surface area contributed by atoms with Gasteiger partial charge in [0.2, 0.25) is 0 Å². The molecule has 12 heavy (non-hydrogen) atoms. The van der Waals surface area contributed by atoms with E-state index in [1.165, 1.54) is 37.6 Å². The Kier molecular flexibility index (Phi) is 2.20. The van der Waals surface area contributed by atoms with Crippen LogP contribution >= 0.6 is 0 Å². The van der Waals surface area contributed by atoms with Crippen molar-refractivity contribution < 1.29 is 0 Å². The van der Waals surface area contributed by atoms with Crippen LogP contribution in [0.25, 0.3) is 0 Å². The van der Waals surface area contributed by atoms with Crippen molar-refractivity contribution in [3.05, 3.63) is 34.9 Å². The van der Waals surface area contributed by atoms with Crippen molar-refractivity contribution in [1.29, 1.82) is 0 Å². The molecule has 0 N–H and O–H groups in total. The molecule has 1 aromatic carbocycles. The van der Waals surface area contributed by atoms with E-state index in [9.17, 15) is 0 Å². The number of aryl methyl sites for hydroxylation is 2. The minimum atomic E-state index is 1.17. The maximum Gasteiger partial charge on any atom is 0.107 e. The normalized spacial score (nSPS) is 15.7. The summed E-state index contributed by atoms with van der Waals surface area (Å²) in [7, 11) is 2.23. The Morgan fingerprint density at radius 2 is 1.83 bits per heavy atom. The van der Waals surface area contributed by atoms with E-state index in [4.69, 9.17) is 0 Å². The van der Waals surface area contributed by atoms with Crippen molar-refractivity contribution in [2.75, 3.05) is 0 Å². The quantitative estimate of drug-likeness (QED) is 0.545. The fourth-order valence-electron chi connectivity index (χ4n) is 2.01. The third kappa shape index (κ3) is 1.41. The van der Waals surface area contributed by atoms with Gasteiger partial charge in [0, 0.05) is 0 Å². The van der Waals surface area contributed by atoms with Crippen LogP contribution in [0.5, 0.6) is 0 Å². The molecule has 0 radical (unpaired) electrons. The summed E-state index contributed by atoms with van der Waals surface area (Å²) in [5.41, 5.74) is 4.70. The van der Waals surface area contributed by atoms with E-state index in [0.717, 1.165) is 0 Å². The number of hydrogen-bond donors (Lipinski definition) is 0. The Bertz CT molecular complexity index is 278. The van der Waals surface area contributed by atoms with E-state index in [-0.39, 0.29) is 0 Å². The molecule has 0 heterocycles. The average molecular weight is 158 g/mol. The highest BCUT2D eigenvalue weighted by Crippen LogP contribution is 2.21. The van der Waals surface area contributed by atoms with Gasteiger partial charge in [0.1, 0.15) is 7.85 Å². The summed E-state index contributed by atoms with van der Waals surface area (Å²) >= 11 is 0. The Morgan fingerprint density at radius 3 is 2.58 bits per heavy atom. The summed E-state index contributed by atoms with van der Waals surface area (Å²) in [5.74, 6) is 0. The molecule has 0 atom stereocenters. The van der Waals surface area contributed by atoms with Crippen LogP contribution in [0.4, 0.5) is 0 Å². The van der Waals surface area contributed by atoms with Crippen molar-refractivity contribution >= 4 is 7.85 Å². The van der Waals surface area contributed by atoms with Crippen LogP contribution in [0.3, 0.4) is 0 Å². The van der Waals surface area contributed by atoms with Crippen LogP contribution in [-0.4, -0.2) is 7.85 Å². The van der Waals surface area contributed by atoms with Crippen molar-refractivity contribution in [2.24, 2.45) is 0 Å². The molecule has 0 nitrogen and oxygen atoms in total. The van der Waals surface area contributed by atoms with E-state index >= 15 is 0 Å². The Morgan fingerprint density at radius 1 is 1.08 bits per heavy atom. The second-order valence-electron chi connectivity index (χ2n) is 3.66. The fourth-order valence-corrected chi connectivity index (χ4v) is 2.01. The van der Waals surface area contributed by atoms with Gasteiger partial charge in [-0.2, -0.15) is 0 Å². The molecule has 1 heteroatoms. The zero-order chi connectivity index (χ0) is 8.39. The third-order valence-electron chi connectivity index (χ3n) is 2.82. The molecule has 0 saturated carbocycles. The van der Waals surface area contributed by atoms with Crippen molar-refractivity contribution in [3.8, 4) is 0 Å². The van der Waals surface area contributed by atoms with Gasteiger partial charge in [-0.25, -0.2) is 0 Å². The highest BCUT2D eigenvalue weighted by molar-refractivity contribution is 6.08. The number of hydrogen-bond acceptors (Lipinski definition) is 0. The highest BCUT2D eigenvalue weighted by Gasteiger charge is 2.08. The summed E-state index contributed by atoms with van der Waals surface area (Å²) in [4.78, 5) is 0. The fraction of sp³-hybridized carbons (Fsp3) is 0.455. The van der Waals surface area contributed by atoms with Crippen molar-refractivity contribution in [3.63, 3.8) is 0 Å². The van der Waals surface area contributed by atoms with Gasteiger partial charge in [0.15, 0.2) is 0 Å². The Hall–Kier alpha value is -0.715. The first-order valence-electron chi connectivity index (χ1n) is 5.01. The molecule has 0 fully saturated rings. The van der Waals surface area contributed by atoms with Crippen LogP contribution in [0.1, 0.15) is 29.5 Å². The number of fused-ring (bicyclic) bond motifs is 1. The van der Waals surface area contributed by atoms with Gasteiger partial charge in [-0.15, -0.1) is 0 Å². The minimum Gasteiger partial charge on any atom is -0.0595 e. The smallest absolute Gasteiger partial charge is 0.0595 e. The van der Waals surface area contributed by atoms with Gasteiger partial charge >= 0.3 is 0 Å². The summed E-state index contributed by atoms with van der Waals surface area (Å²) in [6, 6.07) is 7.01. The van der Waals surface area contributed by atoms with E-state index in [1.54, 1.807) is 11.1 Å². The summed E-state index contributed by atoms with van der Waals surface area (Å²) in [5, 5.41) is 0. The third-order valence-corrected chi connectivity index (χ3v) is 2.82. The topological polar surface area (TPSA) is 0 Å². The van der Waals surface area contributed by atoms with Gasteiger partial charge in [0.25, 0.3) is 0 Å². The summed E-state index contributed by atoms with van der Waals surface area (Å²) in [6.45, 7) is 0.